The quantitative estimate of drug-likeness (QED) is 0.887. The molecule has 1 atom stereocenters. The summed E-state index contributed by atoms with van der Waals surface area (Å²) in [7, 11) is 0. The van der Waals surface area contributed by atoms with E-state index in [2.05, 4.69) is 21.2 Å². The topological polar surface area (TPSA) is 41.6 Å². The van der Waals surface area contributed by atoms with E-state index in [0.29, 0.717) is 5.92 Å². The normalized spacial score (nSPS) is 18.7. The van der Waals surface area contributed by atoms with Crippen molar-refractivity contribution in [2.75, 3.05) is 25.0 Å². The predicted octanol–water partition coefficient (Wildman–Crippen LogP) is 4.12. The Balaban J connectivity index is 1.77. The van der Waals surface area contributed by atoms with Crippen molar-refractivity contribution in [1.29, 1.82) is 0 Å². The van der Waals surface area contributed by atoms with Crippen molar-refractivity contribution in [2.24, 2.45) is 5.92 Å². The molecule has 1 aliphatic rings. The molecule has 1 heterocycles. The number of hydrogen-bond acceptors (Lipinski definition) is 3. The van der Waals surface area contributed by atoms with Crippen molar-refractivity contribution in [3.63, 3.8) is 0 Å². The van der Waals surface area contributed by atoms with Gasteiger partial charge in [0, 0.05) is 29.8 Å². The van der Waals surface area contributed by atoms with Gasteiger partial charge in [-0.25, -0.2) is 4.79 Å². The van der Waals surface area contributed by atoms with Crippen LogP contribution in [0.25, 0.3) is 0 Å². The third kappa shape index (κ3) is 5.23. The van der Waals surface area contributed by atoms with Crippen LogP contribution in [0.4, 0.5) is 10.5 Å². The Kier molecular flexibility index (Phi) is 5.14. The molecule has 1 saturated heterocycles. The lowest BCUT2D eigenvalue weighted by molar-refractivity contribution is 0.0289. The van der Waals surface area contributed by atoms with Gasteiger partial charge in [0.15, 0.2) is 0 Å². The van der Waals surface area contributed by atoms with E-state index in [9.17, 15) is 4.79 Å². The molecule has 4 nitrogen and oxygen atoms in total. The highest BCUT2D eigenvalue weighted by Crippen LogP contribution is 2.21. The molecule has 1 aromatic carbocycles. The average molecular weight is 355 g/mol. The fraction of sp³-hybridized carbons (Fsp3) is 0.562. The second-order valence-corrected chi connectivity index (χ2v) is 7.38. The number of rotatable bonds is 3. The van der Waals surface area contributed by atoms with Gasteiger partial charge >= 0.3 is 6.09 Å². The van der Waals surface area contributed by atoms with Crippen molar-refractivity contribution < 1.29 is 9.53 Å². The molecule has 0 saturated carbocycles. The lowest BCUT2D eigenvalue weighted by Crippen LogP contribution is -2.35. The first-order chi connectivity index (χ1) is 9.83. The fourth-order valence-electron chi connectivity index (χ4n) is 2.32. The number of carbonyl (C=O) groups is 1. The minimum Gasteiger partial charge on any atom is -0.444 e. The highest BCUT2D eigenvalue weighted by molar-refractivity contribution is 9.10. The Labute approximate surface area is 135 Å². The van der Waals surface area contributed by atoms with E-state index < -0.39 is 5.60 Å². The van der Waals surface area contributed by atoms with E-state index in [0.717, 1.165) is 36.2 Å². The Hall–Kier alpha value is -1.23. The number of nitrogens with zero attached hydrogens (tertiary/aromatic N) is 1. The second kappa shape index (κ2) is 6.69. The largest absolute Gasteiger partial charge is 0.444 e. The van der Waals surface area contributed by atoms with Crippen LogP contribution in [0.5, 0.6) is 0 Å². The molecule has 2 rings (SSSR count). The Morgan fingerprint density at radius 1 is 1.38 bits per heavy atom. The molecule has 1 fully saturated rings. The lowest BCUT2D eigenvalue weighted by atomic mass is 10.1. The van der Waals surface area contributed by atoms with Gasteiger partial charge in [0.05, 0.1) is 0 Å². The van der Waals surface area contributed by atoms with Crippen molar-refractivity contribution >= 4 is 27.7 Å². The zero-order valence-electron chi connectivity index (χ0n) is 12.9. The van der Waals surface area contributed by atoms with Crippen LogP contribution in [0.1, 0.15) is 27.2 Å². The standard InChI is InChI=1S/C16H23BrN2O2/c1-16(2,3)21-15(20)19-9-8-12(11-19)10-18-14-6-4-13(17)5-7-14/h4-7,12,18H,8-11H2,1-3H3. The van der Waals surface area contributed by atoms with Crippen LogP contribution in [-0.2, 0) is 4.74 Å². The molecule has 0 aliphatic carbocycles. The van der Waals surface area contributed by atoms with Crippen LogP contribution in [0.2, 0.25) is 0 Å². The summed E-state index contributed by atoms with van der Waals surface area (Å²) in [6, 6.07) is 8.13. The molecule has 0 bridgehead atoms. The molecule has 0 spiro atoms. The summed E-state index contributed by atoms with van der Waals surface area (Å²) < 4.78 is 6.48. The van der Waals surface area contributed by atoms with Crippen molar-refractivity contribution in [1.82, 2.24) is 4.90 Å². The summed E-state index contributed by atoms with van der Waals surface area (Å²) in [6.07, 6.45) is 0.816. The second-order valence-electron chi connectivity index (χ2n) is 6.47. The van der Waals surface area contributed by atoms with Crippen molar-refractivity contribution in [2.45, 2.75) is 32.8 Å². The summed E-state index contributed by atoms with van der Waals surface area (Å²) in [4.78, 5) is 13.8. The molecule has 1 amide bonds. The SMILES string of the molecule is CC(C)(C)OC(=O)N1CCC(CNc2ccc(Br)cc2)C1. The third-order valence-corrected chi connectivity index (χ3v) is 3.91. The number of halogens is 1. The fourth-order valence-corrected chi connectivity index (χ4v) is 2.59. The van der Waals surface area contributed by atoms with Gasteiger partial charge in [0.1, 0.15) is 5.60 Å². The maximum Gasteiger partial charge on any atom is 0.410 e. The maximum atomic E-state index is 12.0. The molecule has 1 aromatic rings. The van der Waals surface area contributed by atoms with E-state index >= 15 is 0 Å². The molecule has 116 valence electrons. The highest BCUT2D eigenvalue weighted by atomic mass is 79.9. The molecule has 5 heteroatoms. The number of benzene rings is 1. The zero-order valence-corrected chi connectivity index (χ0v) is 14.4. The Morgan fingerprint density at radius 3 is 2.67 bits per heavy atom. The average Bonchev–Trinajstić information content (AvgIpc) is 2.85. The van der Waals surface area contributed by atoms with Crippen LogP contribution in [0.15, 0.2) is 28.7 Å². The van der Waals surface area contributed by atoms with Gasteiger partial charge < -0.3 is 15.0 Å². The summed E-state index contributed by atoms with van der Waals surface area (Å²) >= 11 is 3.42. The number of hydrogen-bond donors (Lipinski definition) is 1. The zero-order chi connectivity index (χ0) is 15.5. The van der Waals surface area contributed by atoms with Crippen LogP contribution in [0.3, 0.4) is 0 Å². The monoisotopic (exact) mass is 354 g/mol. The predicted molar refractivity (Wildman–Crippen MR) is 88.5 cm³/mol. The molecule has 1 aliphatic heterocycles. The van der Waals surface area contributed by atoms with Crippen LogP contribution < -0.4 is 5.32 Å². The maximum absolute atomic E-state index is 12.0. The number of amides is 1. The molecular weight excluding hydrogens is 332 g/mol. The molecule has 0 radical (unpaired) electrons. The van der Waals surface area contributed by atoms with Gasteiger partial charge in [0.25, 0.3) is 0 Å². The smallest absolute Gasteiger partial charge is 0.410 e. The highest BCUT2D eigenvalue weighted by Gasteiger charge is 2.29. The van der Waals surface area contributed by atoms with E-state index in [4.69, 9.17) is 4.74 Å². The first kappa shape index (κ1) is 16.1. The van der Waals surface area contributed by atoms with Gasteiger partial charge in [-0.15, -0.1) is 0 Å². The third-order valence-electron chi connectivity index (χ3n) is 3.38. The van der Waals surface area contributed by atoms with Gasteiger partial charge in [0.2, 0.25) is 0 Å². The van der Waals surface area contributed by atoms with Gasteiger partial charge in [-0.05, 0) is 57.4 Å². The van der Waals surface area contributed by atoms with E-state index in [1.807, 2.05) is 45.0 Å². The minimum atomic E-state index is -0.426. The molecule has 1 N–H and O–H groups in total. The van der Waals surface area contributed by atoms with E-state index in [-0.39, 0.29) is 6.09 Å². The molecule has 0 aromatic heterocycles. The number of anilines is 1. The Morgan fingerprint density at radius 2 is 2.05 bits per heavy atom. The minimum absolute atomic E-state index is 0.200. The number of carbonyl (C=O) groups excluding carboxylic acids is 1. The van der Waals surface area contributed by atoms with E-state index in [1.165, 1.54) is 0 Å². The molecular formula is C16H23BrN2O2. The molecule has 21 heavy (non-hydrogen) atoms. The summed E-state index contributed by atoms with van der Waals surface area (Å²) in [6.45, 7) is 8.11. The molecule has 1 unspecified atom stereocenters. The summed E-state index contributed by atoms with van der Waals surface area (Å²) in [5.74, 6) is 0.473. The lowest BCUT2D eigenvalue weighted by Gasteiger charge is -2.24. The Bertz CT molecular complexity index is 482. The number of likely N-dealkylation sites (tertiary alicyclic amines) is 1. The number of nitrogens with one attached hydrogen (secondary N) is 1. The number of ether oxygens (including phenoxy) is 1. The summed E-state index contributed by atoms with van der Waals surface area (Å²) in [5, 5.41) is 3.42. The van der Waals surface area contributed by atoms with Gasteiger partial charge in [-0.3, -0.25) is 0 Å². The first-order valence-corrected chi connectivity index (χ1v) is 8.10. The van der Waals surface area contributed by atoms with Gasteiger partial charge in [-0.1, -0.05) is 15.9 Å². The van der Waals surface area contributed by atoms with Crippen LogP contribution >= 0.6 is 15.9 Å². The van der Waals surface area contributed by atoms with Crippen LogP contribution in [-0.4, -0.2) is 36.2 Å². The van der Waals surface area contributed by atoms with Crippen molar-refractivity contribution in [3.8, 4) is 0 Å². The first-order valence-electron chi connectivity index (χ1n) is 7.31. The van der Waals surface area contributed by atoms with E-state index in [1.54, 1.807) is 4.90 Å². The van der Waals surface area contributed by atoms with Gasteiger partial charge in [-0.2, -0.15) is 0 Å². The van der Waals surface area contributed by atoms with Crippen molar-refractivity contribution in [3.05, 3.63) is 28.7 Å². The summed E-state index contributed by atoms with van der Waals surface area (Å²) in [5.41, 5.74) is 0.680. The van der Waals surface area contributed by atoms with Crippen LogP contribution in [0, 0.1) is 5.92 Å².